The van der Waals surface area contributed by atoms with Crippen molar-refractivity contribution >= 4 is 0 Å². The Kier molecular flexibility index (Phi) is 4.71. The predicted octanol–water partition coefficient (Wildman–Crippen LogP) is 2.82. The number of methoxy groups -OCH3 is 1. The number of benzene rings is 1. The lowest BCUT2D eigenvalue weighted by Gasteiger charge is -2.42. The molecule has 0 saturated carbocycles. The Labute approximate surface area is 123 Å². The summed E-state index contributed by atoms with van der Waals surface area (Å²) >= 11 is 0. The van der Waals surface area contributed by atoms with Crippen molar-refractivity contribution in [3.63, 3.8) is 0 Å². The van der Waals surface area contributed by atoms with E-state index < -0.39 is 0 Å². The van der Waals surface area contributed by atoms with Crippen molar-refractivity contribution < 1.29 is 4.74 Å². The zero-order valence-electron chi connectivity index (χ0n) is 13.3. The van der Waals surface area contributed by atoms with Gasteiger partial charge in [-0.05, 0) is 41.5 Å². The molecule has 1 aromatic rings. The normalized spacial score (nSPS) is 22.8. The smallest absolute Gasteiger partial charge is 0.119 e. The van der Waals surface area contributed by atoms with Crippen LogP contribution in [0.15, 0.2) is 18.2 Å². The van der Waals surface area contributed by atoms with Crippen LogP contribution in [0.25, 0.3) is 0 Å². The number of ether oxygens (including phenoxy) is 1. The van der Waals surface area contributed by atoms with E-state index in [1.165, 1.54) is 11.1 Å². The summed E-state index contributed by atoms with van der Waals surface area (Å²) in [5.74, 6) is 0.951. The molecule has 1 aromatic carbocycles. The number of rotatable bonds is 4. The molecule has 0 spiro atoms. The van der Waals surface area contributed by atoms with Gasteiger partial charge in [-0.2, -0.15) is 0 Å². The SMILES string of the molecule is CCc1cc(OC)ccc1CN1CCC(N)C(C)(C)C1. The number of nitrogens with two attached hydrogens (primary N) is 1. The topological polar surface area (TPSA) is 38.5 Å². The minimum absolute atomic E-state index is 0.205. The van der Waals surface area contributed by atoms with Crippen LogP contribution in [0.2, 0.25) is 0 Å². The largest absolute Gasteiger partial charge is 0.497 e. The Morgan fingerprint density at radius 3 is 2.70 bits per heavy atom. The van der Waals surface area contributed by atoms with Crippen LogP contribution < -0.4 is 10.5 Å². The van der Waals surface area contributed by atoms with Crippen LogP contribution in [0.5, 0.6) is 5.75 Å². The molecule has 1 unspecified atom stereocenters. The highest BCUT2D eigenvalue weighted by molar-refractivity contribution is 5.35. The van der Waals surface area contributed by atoms with Crippen LogP contribution in [0, 0.1) is 5.41 Å². The van der Waals surface area contributed by atoms with Gasteiger partial charge in [-0.25, -0.2) is 0 Å². The van der Waals surface area contributed by atoms with Crippen molar-refractivity contribution in [2.24, 2.45) is 11.1 Å². The van der Waals surface area contributed by atoms with Crippen LogP contribution >= 0.6 is 0 Å². The molecule has 3 heteroatoms. The van der Waals surface area contributed by atoms with Gasteiger partial charge in [0, 0.05) is 25.7 Å². The Morgan fingerprint density at radius 1 is 1.35 bits per heavy atom. The molecule has 0 bridgehead atoms. The van der Waals surface area contributed by atoms with Gasteiger partial charge in [-0.3, -0.25) is 4.90 Å². The Balaban J connectivity index is 2.10. The van der Waals surface area contributed by atoms with E-state index in [1.54, 1.807) is 7.11 Å². The zero-order chi connectivity index (χ0) is 14.8. The van der Waals surface area contributed by atoms with Crippen molar-refractivity contribution in [3.8, 4) is 5.75 Å². The second kappa shape index (κ2) is 6.15. The lowest BCUT2D eigenvalue weighted by Crippen LogP contribution is -2.52. The monoisotopic (exact) mass is 276 g/mol. The first-order chi connectivity index (χ1) is 9.46. The Bertz CT molecular complexity index is 456. The number of piperidine rings is 1. The highest BCUT2D eigenvalue weighted by atomic mass is 16.5. The predicted molar refractivity (Wildman–Crippen MR) is 84.0 cm³/mol. The fourth-order valence-corrected chi connectivity index (χ4v) is 3.07. The number of hydrogen-bond acceptors (Lipinski definition) is 3. The molecule has 2 rings (SSSR count). The van der Waals surface area contributed by atoms with E-state index in [2.05, 4.69) is 43.9 Å². The zero-order valence-corrected chi connectivity index (χ0v) is 13.3. The van der Waals surface area contributed by atoms with Gasteiger partial charge in [0.15, 0.2) is 0 Å². The minimum Gasteiger partial charge on any atom is -0.497 e. The number of aryl methyl sites for hydroxylation is 1. The molecule has 0 amide bonds. The summed E-state index contributed by atoms with van der Waals surface area (Å²) in [6.45, 7) is 9.94. The van der Waals surface area contributed by atoms with Gasteiger partial charge >= 0.3 is 0 Å². The highest BCUT2D eigenvalue weighted by Crippen LogP contribution is 2.29. The van der Waals surface area contributed by atoms with Gasteiger partial charge in [-0.15, -0.1) is 0 Å². The molecule has 1 aliphatic heterocycles. The van der Waals surface area contributed by atoms with Crippen molar-refractivity contribution in [3.05, 3.63) is 29.3 Å². The molecular weight excluding hydrogens is 248 g/mol. The van der Waals surface area contributed by atoms with E-state index in [-0.39, 0.29) is 5.41 Å². The molecular formula is C17H28N2O. The lowest BCUT2D eigenvalue weighted by atomic mass is 9.79. The maximum atomic E-state index is 6.22. The van der Waals surface area contributed by atoms with E-state index in [0.29, 0.717) is 6.04 Å². The lowest BCUT2D eigenvalue weighted by molar-refractivity contribution is 0.0897. The molecule has 1 saturated heterocycles. The second-order valence-corrected chi connectivity index (χ2v) is 6.58. The summed E-state index contributed by atoms with van der Waals surface area (Å²) in [6, 6.07) is 6.75. The van der Waals surface area contributed by atoms with Gasteiger partial charge in [0.1, 0.15) is 5.75 Å². The van der Waals surface area contributed by atoms with Crippen LogP contribution in [0.3, 0.4) is 0 Å². The van der Waals surface area contributed by atoms with Crippen LogP contribution in [0.4, 0.5) is 0 Å². The van der Waals surface area contributed by atoms with Gasteiger partial charge in [0.05, 0.1) is 7.11 Å². The summed E-state index contributed by atoms with van der Waals surface area (Å²) in [7, 11) is 1.73. The third kappa shape index (κ3) is 3.33. The quantitative estimate of drug-likeness (QED) is 0.919. The molecule has 1 heterocycles. The molecule has 0 radical (unpaired) electrons. The fraction of sp³-hybridized carbons (Fsp3) is 0.647. The second-order valence-electron chi connectivity index (χ2n) is 6.58. The van der Waals surface area contributed by atoms with Gasteiger partial charge < -0.3 is 10.5 Å². The van der Waals surface area contributed by atoms with E-state index in [9.17, 15) is 0 Å². The van der Waals surface area contributed by atoms with Crippen LogP contribution in [-0.4, -0.2) is 31.1 Å². The van der Waals surface area contributed by atoms with Crippen LogP contribution in [-0.2, 0) is 13.0 Å². The number of nitrogens with zero attached hydrogens (tertiary/aromatic N) is 1. The van der Waals surface area contributed by atoms with Crippen molar-refractivity contribution in [1.29, 1.82) is 0 Å². The van der Waals surface area contributed by atoms with Crippen molar-refractivity contribution in [2.75, 3.05) is 20.2 Å². The minimum atomic E-state index is 0.205. The maximum absolute atomic E-state index is 6.22. The molecule has 1 fully saturated rings. The molecule has 20 heavy (non-hydrogen) atoms. The molecule has 1 atom stereocenters. The first kappa shape index (κ1) is 15.3. The third-order valence-electron chi connectivity index (χ3n) is 4.58. The Hall–Kier alpha value is -1.06. The van der Waals surface area contributed by atoms with E-state index >= 15 is 0 Å². The fourth-order valence-electron chi connectivity index (χ4n) is 3.07. The van der Waals surface area contributed by atoms with E-state index in [0.717, 1.165) is 38.2 Å². The first-order valence-corrected chi connectivity index (χ1v) is 7.60. The maximum Gasteiger partial charge on any atom is 0.119 e. The van der Waals surface area contributed by atoms with E-state index in [1.807, 2.05) is 0 Å². The summed E-state index contributed by atoms with van der Waals surface area (Å²) < 4.78 is 5.32. The standard InChI is InChI=1S/C17H28N2O/c1-5-13-10-15(20-4)7-6-14(13)11-19-9-8-16(18)17(2,3)12-19/h6-7,10,16H,5,8-9,11-12,18H2,1-4H3. The third-order valence-corrected chi connectivity index (χ3v) is 4.58. The van der Waals surface area contributed by atoms with Crippen LogP contribution in [0.1, 0.15) is 38.3 Å². The van der Waals surface area contributed by atoms with Gasteiger partial charge in [0.2, 0.25) is 0 Å². The molecule has 1 aliphatic rings. The summed E-state index contributed by atoms with van der Waals surface area (Å²) in [4.78, 5) is 2.53. The highest BCUT2D eigenvalue weighted by Gasteiger charge is 2.33. The summed E-state index contributed by atoms with van der Waals surface area (Å²) in [6.07, 6.45) is 2.13. The summed E-state index contributed by atoms with van der Waals surface area (Å²) in [5, 5.41) is 0. The average molecular weight is 276 g/mol. The molecule has 2 N–H and O–H groups in total. The van der Waals surface area contributed by atoms with E-state index in [4.69, 9.17) is 10.5 Å². The van der Waals surface area contributed by atoms with Crippen molar-refractivity contribution in [1.82, 2.24) is 4.90 Å². The first-order valence-electron chi connectivity index (χ1n) is 7.60. The number of likely N-dealkylation sites (tertiary alicyclic amines) is 1. The molecule has 0 aliphatic carbocycles. The number of hydrogen-bond donors (Lipinski definition) is 1. The van der Waals surface area contributed by atoms with Crippen molar-refractivity contribution in [2.45, 2.75) is 46.2 Å². The summed E-state index contributed by atoms with van der Waals surface area (Å²) in [5.41, 5.74) is 9.23. The molecule has 112 valence electrons. The molecule has 3 nitrogen and oxygen atoms in total. The van der Waals surface area contributed by atoms with Gasteiger partial charge in [-0.1, -0.05) is 26.8 Å². The molecule has 0 aromatic heterocycles. The Morgan fingerprint density at radius 2 is 2.10 bits per heavy atom. The average Bonchev–Trinajstić information content (AvgIpc) is 2.43. The van der Waals surface area contributed by atoms with Gasteiger partial charge in [0.25, 0.3) is 0 Å².